The maximum atomic E-state index is 13.4. The van der Waals surface area contributed by atoms with Crippen LogP contribution in [0.3, 0.4) is 0 Å². The first-order chi connectivity index (χ1) is 16.9. The average Bonchev–Trinajstić information content (AvgIpc) is 3.14. The third-order valence-corrected chi connectivity index (χ3v) is 6.34. The third kappa shape index (κ3) is 6.05. The lowest BCUT2D eigenvalue weighted by Crippen LogP contribution is -2.32. The molecule has 0 aliphatic heterocycles. The van der Waals surface area contributed by atoms with Gasteiger partial charge < -0.3 is 10.3 Å². The molecule has 4 rings (SSSR count). The normalized spacial score (nSPS) is 12.4. The standard InChI is InChI=1S/C24H16Cl5FN4O2/c1-24(28,29)20(11-6-12(25)8-13(26)7-11)22(36)31-15-3-4-17(27)16(10-15)21(35)34-23-32-18-5-2-14(30)9-19(18)33-23/h2-10,20H,1H3,(H,31,36)(H2,32,33,34,35). The Kier molecular flexibility index (Phi) is 7.69. The molecule has 1 unspecified atom stereocenters. The van der Waals surface area contributed by atoms with Crippen molar-refractivity contribution in [2.45, 2.75) is 17.2 Å². The van der Waals surface area contributed by atoms with Gasteiger partial charge in [-0.25, -0.2) is 9.37 Å². The molecule has 186 valence electrons. The van der Waals surface area contributed by atoms with Gasteiger partial charge in [0, 0.05) is 15.7 Å². The number of hydrogen-bond acceptors (Lipinski definition) is 3. The zero-order valence-corrected chi connectivity index (χ0v) is 22.1. The van der Waals surface area contributed by atoms with Crippen molar-refractivity contribution in [3.8, 4) is 0 Å². The van der Waals surface area contributed by atoms with E-state index in [0.717, 1.165) is 0 Å². The van der Waals surface area contributed by atoms with E-state index in [-0.39, 0.29) is 22.2 Å². The van der Waals surface area contributed by atoms with E-state index in [0.29, 0.717) is 26.6 Å². The summed E-state index contributed by atoms with van der Waals surface area (Å²) >= 11 is 31.1. The molecule has 12 heteroatoms. The summed E-state index contributed by atoms with van der Waals surface area (Å²) in [6, 6.07) is 13.0. The molecule has 3 N–H and O–H groups in total. The third-order valence-electron chi connectivity index (χ3n) is 5.14. The van der Waals surface area contributed by atoms with Crippen molar-refractivity contribution in [2.24, 2.45) is 0 Å². The summed E-state index contributed by atoms with van der Waals surface area (Å²) in [7, 11) is 0. The van der Waals surface area contributed by atoms with Gasteiger partial charge in [-0.05, 0) is 67.1 Å². The summed E-state index contributed by atoms with van der Waals surface area (Å²) < 4.78 is 11.9. The van der Waals surface area contributed by atoms with Gasteiger partial charge in [0.15, 0.2) is 0 Å². The molecular formula is C24H16Cl5FN4O2. The SMILES string of the molecule is CC(Cl)(Cl)C(C(=O)Nc1ccc(Cl)c(C(=O)Nc2nc3ccc(F)cc3[nH]2)c1)c1cc(Cl)cc(Cl)c1. The second-order valence-electron chi connectivity index (χ2n) is 7.98. The smallest absolute Gasteiger partial charge is 0.259 e. The van der Waals surface area contributed by atoms with E-state index >= 15 is 0 Å². The summed E-state index contributed by atoms with van der Waals surface area (Å²) in [4.78, 5) is 33.1. The molecule has 0 saturated heterocycles. The maximum absolute atomic E-state index is 13.4. The summed E-state index contributed by atoms with van der Waals surface area (Å²) in [6.45, 7) is 1.47. The van der Waals surface area contributed by atoms with Crippen molar-refractivity contribution in [3.63, 3.8) is 0 Å². The van der Waals surface area contributed by atoms with Gasteiger partial charge in [0.1, 0.15) is 10.2 Å². The van der Waals surface area contributed by atoms with E-state index in [2.05, 4.69) is 20.6 Å². The van der Waals surface area contributed by atoms with Crippen molar-refractivity contribution in [1.82, 2.24) is 9.97 Å². The predicted octanol–water partition coefficient (Wildman–Crippen LogP) is 7.83. The number of nitrogens with zero attached hydrogens (tertiary/aromatic N) is 1. The van der Waals surface area contributed by atoms with Gasteiger partial charge in [0.25, 0.3) is 5.91 Å². The minimum Gasteiger partial charge on any atom is -0.325 e. The number of benzene rings is 3. The lowest BCUT2D eigenvalue weighted by molar-refractivity contribution is -0.117. The van der Waals surface area contributed by atoms with Crippen LogP contribution in [0.2, 0.25) is 15.1 Å². The quantitative estimate of drug-likeness (QED) is 0.201. The van der Waals surface area contributed by atoms with E-state index in [9.17, 15) is 14.0 Å². The largest absolute Gasteiger partial charge is 0.325 e. The van der Waals surface area contributed by atoms with Crippen LogP contribution in [0.4, 0.5) is 16.0 Å². The number of H-pyrrole nitrogens is 1. The fourth-order valence-electron chi connectivity index (χ4n) is 3.62. The molecule has 6 nitrogen and oxygen atoms in total. The number of aromatic nitrogens is 2. The summed E-state index contributed by atoms with van der Waals surface area (Å²) in [5, 5.41) is 6.03. The summed E-state index contributed by atoms with van der Waals surface area (Å²) in [5.74, 6) is -2.56. The zero-order chi connectivity index (χ0) is 26.2. The highest BCUT2D eigenvalue weighted by molar-refractivity contribution is 6.50. The van der Waals surface area contributed by atoms with Crippen LogP contribution < -0.4 is 10.6 Å². The Bertz CT molecular complexity index is 1470. The predicted molar refractivity (Wildman–Crippen MR) is 143 cm³/mol. The number of carbonyl (C=O) groups is 2. The molecule has 0 spiro atoms. The van der Waals surface area contributed by atoms with Crippen molar-refractivity contribution in [2.75, 3.05) is 10.6 Å². The number of fused-ring (bicyclic) bond motifs is 1. The van der Waals surface area contributed by atoms with Crippen LogP contribution in [0.1, 0.15) is 28.8 Å². The first-order valence-corrected chi connectivity index (χ1v) is 12.2. The Balaban J connectivity index is 1.58. The second-order valence-corrected chi connectivity index (χ2v) is 11.0. The number of hydrogen-bond donors (Lipinski definition) is 3. The molecule has 3 aromatic carbocycles. The number of alkyl halides is 2. The minimum absolute atomic E-state index is 0.0583. The van der Waals surface area contributed by atoms with Crippen LogP contribution in [-0.4, -0.2) is 26.1 Å². The number of carbonyl (C=O) groups excluding carboxylic acids is 2. The molecule has 0 fully saturated rings. The Labute approximate surface area is 230 Å². The fourth-order valence-corrected chi connectivity index (χ4v) is 4.82. The van der Waals surface area contributed by atoms with E-state index in [4.69, 9.17) is 58.0 Å². The molecule has 0 bridgehead atoms. The van der Waals surface area contributed by atoms with E-state index in [1.807, 2.05) is 0 Å². The zero-order valence-electron chi connectivity index (χ0n) is 18.3. The molecule has 1 aromatic heterocycles. The number of imidazole rings is 1. The highest BCUT2D eigenvalue weighted by atomic mass is 35.5. The van der Waals surface area contributed by atoms with Gasteiger partial charge in [0.05, 0.1) is 27.5 Å². The Morgan fingerprint density at radius 3 is 2.33 bits per heavy atom. The number of halogens is 6. The molecular weight excluding hydrogens is 573 g/mol. The highest BCUT2D eigenvalue weighted by Crippen LogP contribution is 2.40. The van der Waals surface area contributed by atoms with Crippen LogP contribution in [0, 0.1) is 5.82 Å². The first kappa shape index (κ1) is 26.5. The van der Waals surface area contributed by atoms with Crippen molar-refractivity contribution >= 4 is 92.5 Å². The monoisotopic (exact) mass is 586 g/mol. The maximum Gasteiger partial charge on any atom is 0.259 e. The van der Waals surface area contributed by atoms with Gasteiger partial charge in [-0.3, -0.25) is 14.9 Å². The molecule has 36 heavy (non-hydrogen) atoms. The number of rotatable bonds is 6. The summed E-state index contributed by atoms with van der Waals surface area (Å²) in [6.07, 6.45) is 0. The van der Waals surface area contributed by atoms with E-state index in [1.165, 1.54) is 49.4 Å². The Morgan fingerprint density at radius 1 is 0.972 bits per heavy atom. The van der Waals surface area contributed by atoms with Crippen LogP contribution in [0.15, 0.2) is 54.6 Å². The Hall–Kier alpha value is -2.55. The van der Waals surface area contributed by atoms with Crippen molar-refractivity contribution < 1.29 is 14.0 Å². The second kappa shape index (κ2) is 10.4. The van der Waals surface area contributed by atoms with Gasteiger partial charge in [-0.1, -0.05) is 34.8 Å². The summed E-state index contributed by atoms with van der Waals surface area (Å²) in [5.41, 5.74) is 1.61. The molecule has 1 atom stereocenters. The Morgan fingerprint density at radius 2 is 1.67 bits per heavy atom. The molecule has 0 aliphatic rings. The van der Waals surface area contributed by atoms with Gasteiger partial charge in [-0.15, -0.1) is 23.2 Å². The minimum atomic E-state index is -1.52. The highest BCUT2D eigenvalue weighted by Gasteiger charge is 2.38. The van der Waals surface area contributed by atoms with Gasteiger partial charge in [0.2, 0.25) is 11.9 Å². The van der Waals surface area contributed by atoms with Crippen LogP contribution in [0.25, 0.3) is 11.0 Å². The van der Waals surface area contributed by atoms with Gasteiger partial charge in [-0.2, -0.15) is 0 Å². The van der Waals surface area contributed by atoms with Crippen LogP contribution in [0.5, 0.6) is 0 Å². The van der Waals surface area contributed by atoms with Crippen LogP contribution in [-0.2, 0) is 4.79 Å². The first-order valence-electron chi connectivity index (χ1n) is 10.3. The number of aromatic amines is 1. The topological polar surface area (TPSA) is 86.9 Å². The molecule has 4 aromatic rings. The van der Waals surface area contributed by atoms with Crippen molar-refractivity contribution in [3.05, 3.63) is 86.6 Å². The number of amides is 2. The van der Waals surface area contributed by atoms with Crippen molar-refractivity contribution in [1.29, 1.82) is 0 Å². The van der Waals surface area contributed by atoms with E-state index in [1.54, 1.807) is 12.1 Å². The van der Waals surface area contributed by atoms with Gasteiger partial charge >= 0.3 is 0 Å². The molecule has 1 heterocycles. The molecule has 2 amide bonds. The number of anilines is 2. The molecule has 0 radical (unpaired) electrons. The molecule has 0 aliphatic carbocycles. The fraction of sp³-hybridized carbons (Fsp3) is 0.125. The number of nitrogens with one attached hydrogen (secondary N) is 3. The van der Waals surface area contributed by atoms with Crippen LogP contribution >= 0.6 is 58.0 Å². The molecule has 0 saturated carbocycles. The lowest BCUT2D eigenvalue weighted by atomic mass is 9.94. The average molecular weight is 589 g/mol. The van der Waals surface area contributed by atoms with E-state index < -0.39 is 27.9 Å². The lowest BCUT2D eigenvalue weighted by Gasteiger charge is -2.26.